The number of benzene rings is 2. The summed E-state index contributed by atoms with van der Waals surface area (Å²) in [6.07, 6.45) is 0.779. The van der Waals surface area contributed by atoms with Crippen LogP contribution in [0.2, 0.25) is 0 Å². The summed E-state index contributed by atoms with van der Waals surface area (Å²) >= 11 is 5.90. The van der Waals surface area contributed by atoms with Gasteiger partial charge in [-0.2, -0.15) is 0 Å². The van der Waals surface area contributed by atoms with Crippen LogP contribution >= 0.6 is 38.5 Å². The molecule has 0 fully saturated rings. The van der Waals surface area contributed by atoms with E-state index >= 15 is 0 Å². The average Bonchev–Trinajstić information content (AvgIpc) is 2.49. The van der Waals surface area contributed by atoms with Gasteiger partial charge in [0.2, 0.25) is 0 Å². The van der Waals surface area contributed by atoms with Gasteiger partial charge < -0.3 is 5.73 Å². The number of aromatic nitrogens is 1. The maximum Gasteiger partial charge on any atom is 0.0723 e. The molecule has 0 aliphatic rings. The normalized spacial score (nSPS) is 12.5. The number of fused-ring (bicyclic) bond motifs is 1. The van der Waals surface area contributed by atoms with Crippen molar-refractivity contribution < 1.29 is 0 Å². The van der Waals surface area contributed by atoms with E-state index in [1.165, 1.54) is 9.13 Å². The molecule has 0 bridgehead atoms. The summed E-state index contributed by atoms with van der Waals surface area (Å²) in [7, 11) is 0. The summed E-state index contributed by atoms with van der Waals surface area (Å²) in [5, 5.41) is 1.12. The lowest BCUT2D eigenvalue weighted by Crippen LogP contribution is -2.15. The van der Waals surface area contributed by atoms with Crippen molar-refractivity contribution in [3.63, 3.8) is 0 Å². The van der Waals surface area contributed by atoms with Gasteiger partial charge in [0.25, 0.3) is 0 Å². The van der Waals surface area contributed by atoms with Gasteiger partial charge in [-0.15, -0.1) is 0 Å². The van der Waals surface area contributed by atoms with Gasteiger partial charge in [-0.05, 0) is 74.8 Å². The first-order valence-corrected chi connectivity index (χ1v) is 8.56. The summed E-state index contributed by atoms with van der Waals surface area (Å²) in [6.45, 7) is 0. The summed E-state index contributed by atoms with van der Waals surface area (Å²) in [5.74, 6) is 0. The van der Waals surface area contributed by atoms with Crippen molar-refractivity contribution in [2.75, 3.05) is 0 Å². The predicted molar refractivity (Wildman–Crippen MR) is 99.2 cm³/mol. The van der Waals surface area contributed by atoms with Crippen molar-refractivity contribution >= 4 is 49.4 Å². The first-order valence-electron chi connectivity index (χ1n) is 6.69. The van der Waals surface area contributed by atoms with E-state index < -0.39 is 0 Å². The molecule has 0 aliphatic carbocycles. The Morgan fingerprint density at radius 2 is 1.81 bits per heavy atom. The molecule has 3 aromatic rings. The van der Waals surface area contributed by atoms with E-state index in [9.17, 15) is 0 Å². The largest absolute Gasteiger partial charge is 0.322 e. The second kappa shape index (κ2) is 6.42. The fraction of sp³-hybridized carbons (Fsp3) is 0.118. The number of para-hydroxylation sites is 1. The van der Waals surface area contributed by atoms with Gasteiger partial charge in [0.05, 0.1) is 17.3 Å². The van der Waals surface area contributed by atoms with E-state index in [-0.39, 0.29) is 6.04 Å². The van der Waals surface area contributed by atoms with Crippen LogP contribution in [0.5, 0.6) is 0 Å². The van der Waals surface area contributed by atoms with E-state index in [1.54, 1.807) is 0 Å². The molecule has 2 aromatic carbocycles. The van der Waals surface area contributed by atoms with Crippen LogP contribution in [0.4, 0.5) is 0 Å². The Balaban J connectivity index is 1.91. The first-order chi connectivity index (χ1) is 10.1. The van der Waals surface area contributed by atoms with Gasteiger partial charge in [0, 0.05) is 13.4 Å². The number of halogens is 2. The van der Waals surface area contributed by atoms with E-state index in [0.29, 0.717) is 0 Å². The molecule has 0 amide bonds. The van der Waals surface area contributed by atoms with E-state index in [4.69, 9.17) is 10.7 Å². The molecule has 0 aliphatic heterocycles. The van der Waals surface area contributed by atoms with Crippen LogP contribution in [-0.2, 0) is 6.42 Å². The molecule has 1 atom stereocenters. The minimum absolute atomic E-state index is 0.121. The zero-order chi connectivity index (χ0) is 14.8. The highest BCUT2D eigenvalue weighted by atomic mass is 127. The van der Waals surface area contributed by atoms with Gasteiger partial charge in [0.1, 0.15) is 0 Å². The zero-order valence-corrected chi connectivity index (χ0v) is 15.0. The monoisotopic (exact) mass is 452 g/mol. The zero-order valence-electron chi connectivity index (χ0n) is 11.3. The molecule has 4 heteroatoms. The lowest BCUT2D eigenvalue weighted by atomic mass is 10.0. The Hall–Kier alpha value is -0.980. The van der Waals surface area contributed by atoms with Crippen molar-refractivity contribution in [1.82, 2.24) is 4.98 Å². The number of pyridine rings is 1. The third-order valence-corrected chi connectivity index (χ3v) is 4.78. The minimum atomic E-state index is -0.121. The fourth-order valence-corrected chi connectivity index (χ4v) is 3.33. The lowest BCUT2D eigenvalue weighted by Gasteiger charge is -2.14. The molecule has 0 saturated carbocycles. The van der Waals surface area contributed by atoms with Crippen molar-refractivity contribution in [2.45, 2.75) is 12.5 Å². The SMILES string of the molecule is NC(Cc1ccc(I)cc1)c1nc2ccccc2cc1Br. The van der Waals surface area contributed by atoms with E-state index in [2.05, 4.69) is 74.9 Å². The molecule has 1 unspecified atom stereocenters. The second-order valence-electron chi connectivity index (χ2n) is 4.99. The minimum Gasteiger partial charge on any atom is -0.322 e. The molecule has 0 radical (unpaired) electrons. The summed E-state index contributed by atoms with van der Waals surface area (Å²) in [5.41, 5.74) is 9.48. The molecular weight excluding hydrogens is 439 g/mol. The number of hydrogen-bond donors (Lipinski definition) is 1. The maximum absolute atomic E-state index is 6.36. The molecule has 2 N–H and O–H groups in total. The molecule has 21 heavy (non-hydrogen) atoms. The summed E-state index contributed by atoms with van der Waals surface area (Å²) in [4.78, 5) is 4.72. The topological polar surface area (TPSA) is 38.9 Å². The van der Waals surface area contributed by atoms with Crippen molar-refractivity contribution in [2.24, 2.45) is 5.73 Å². The van der Waals surface area contributed by atoms with Crippen molar-refractivity contribution in [3.8, 4) is 0 Å². The van der Waals surface area contributed by atoms with Crippen LogP contribution in [0.3, 0.4) is 0 Å². The predicted octanol–water partition coefficient (Wildman–Crippen LogP) is 4.84. The summed E-state index contributed by atoms with van der Waals surface area (Å²) < 4.78 is 2.20. The molecule has 3 rings (SSSR count). The highest BCUT2D eigenvalue weighted by Gasteiger charge is 2.13. The first kappa shape index (κ1) is 14.9. The van der Waals surface area contributed by atoms with Crippen LogP contribution in [0, 0.1) is 3.57 Å². The third-order valence-electron chi connectivity index (χ3n) is 3.42. The van der Waals surface area contributed by atoms with E-state index in [1.807, 2.05) is 18.2 Å². The Labute approximate surface area is 146 Å². The maximum atomic E-state index is 6.36. The second-order valence-corrected chi connectivity index (χ2v) is 7.09. The van der Waals surface area contributed by atoms with Crippen LogP contribution in [0.25, 0.3) is 10.9 Å². The molecule has 0 spiro atoms. The van der Waals surface area contributed by atoms with Gasteiger partial charge in [-0.1, -0.05) is 30.3 Å². The molecule has 1 heterocycles. The van der Waals surface area contributed by atoms with Crippen LogP contribution in [-0.4, -0.2) is 4.98 Å². The number of hydrogen-bond acceptors (Lipinski definition) is 2. The van der Waals surface area contributed by atoms with Gasteiger partial charge in [0.15, 0.2) is 0 Å². The Morgan fingerprint density at radius 3 is 2.57 bits per heavy atom. The fourth-order valence-electron chi connectivity index (χ4n) is 2.34. The Bertz CT molecular complexity index is 771. The van der Waals surface area contributed by atoms with E-state index in [0.717, 1.165) is 27.5 Å². The molecule has 0 saturated heterocycles. The molecular formula is C17H14BrIN2. The molecule has 2 nitrogen and oxygen atoms in total. The standard InChI is InChI=1S/C17H14BrIN2/c18-14-10-12-3-1-2-4-16(12)21-17(14)15(20)9-11-5-7-13(19)8-6-11/h1-8,10,15H,9,20H2. The van der Waals surface area contributed by atoms with Gasteiger partial charge >= 0.3 is 0 Å². The van der Waals surface area contributed by atoms with Gasteiger partial charge in [-0.3, -0.25) is 0 Å². The number of rotatable bonds is 3. The molecule has 1 aromatic heterocycles. The summed E-state index contributed by atoms with van der Waals surface area (Å²) in [6, 6.07) is 18.5. The smallest absolute Gasteiger partial charge is 0.0723 e. The Kier molecular flexibility index (Phi) is 4.57. The highest BCUT2D eigenvalue weighted by Crippen LogP contribution is 2.26. The van der Waals surface area contributed by atoms with Crippen LogP contribution in [0.1, 0.15) is 17.3 Å². The Morgan fingerprint density at radius 1 is 1.10 bits per heavy atom. The number of nitrogens with two attached hydrogens (primary N) is 1. The van der Waals surface area contributed by atoms with Crippen molar-refractivity contribution in [1.29, 1.82) is 0 Å². The third kappa shape index (κ3) is 3.44. The van der Waals surface area contributed by atoms with Crippen molar-refractivity contribution in [3.05, 3.63) is 73.9 Å². The average molecular weight is 453 g/mol. The lowest BCUT2D eigenvalue weighted by molar-refractivity contribution is 0.696. The quantitative estimate of drug-likeness (QED) is 0.577. The number of nitrogens with zero attached hydrogens (tertiary/aromatic N) is 1. The van der Waals surface area contributed by atoms with Gasteiger partial charge in [-0.25, -0.2) is 4.98 Å². The van der Waals surface area contributed by atoms with Crippen LogP contribution < -0.4 is 5.73 Å². The van der Waals surface area contributed by atoms with Crippen LogP contribution in [0.15, 0.2) is 59.1 Å². The molecule has 106 valence electrons. The highest BCUT2D eigenvalue weighted by molar-refractivity contribution is 14.1.